The quantitative estimate of drug-likeness (QED) is 0.805. The second kappa shape index (κ2) is 5.76. The lowest BCUT2D eigenvalue weighted by atomic mass is 10.0. The van der Waals surface area contributed by atoms with Crippen LogP contribution in [0.5, 0.6) is 5.75 Å². The number of pyridine rings is 1. The topological polar surface area (TPSA) is 66.0 Å². The van der Waals surface area contributed by atoms with Crippen molar-refractivity contribution in [1.82, 2.24) is 14.8 Å². The molecule has 2 heterocycles. The molecule has 0 aliphatic rings. The van der Waals surface area contributed by atoms with Gasteiger partial charge in [0.15, 0.2) is 0 Å². The van der Waals surface area contributed by atoms with E-state index in [0.29, 0.717) is 5.82 Å². The fourth-order valence-electron chi connectivity index (χ4n) is 2.74. The van der Waals surface area contributed by atoms with Gasteiger partial charge in [-0.15, -0.1) is 0 Å². The molecule has 0 spiro atoms. The van der Waals surface area contributed by atoms with E-state index >= 15 is 0 Å². The third kappa shape index (κ3) is 2.77. The number of anilines is 1. The molecular formula is C18H20N4O. The lowest BCUT2D eigenvalue weighted by Gasteiger charge is -2.12. The van der Waals surface area contributed by atoms with E-state index in [0.717, 1.165) is 39.6 Å². The van der Waals surface area contributed by atoms with Gasteiger partial charge < -0.3 is 10.5 Å². The van der Waals surface area contributed by atoms with Crippen LogP contribution < -0.4 is 10.5 Å². The zero-order chi connectivity index (χ0) is 16.6. The molecule has 5 heteroatoms. The summed E-state index contributed by atoms with van der Waals surface area (Å²) in [5.74, 6) is 1.22. The fraction of sp³-hybridized carbons (Fsp3) is 0.222. The van der Waals surface area contributed by atoms with Gasteiger partial charge in [-0.3, -0.25) is 0 Å². The highest BCUT2D eigenvalue weighted by molar-refractivity contribution is 5.76. The van der Waals surface area contributed by atoms with Gasteiger partial charge >= 0.3 is 0 Å². The largest absolute Gasteiger partial charge is 0.495 e. The Morgan fingerprint density at radius 2 is 1.87 bits per heavy atom. The standard InChI is InChI=1S/C18H20N4O/c1-11-8-12(2)22(21-11)15-7-5-6-14(9-15)16-10-17(23-4)13(3)20-18(16)19/h5-10H,1-4H3,(H2,19,20). The van der Waals surface area contributed by atoms with Crippen molar-refractivity contribution < 1.29 is 4.74 Å². The fourth-order valence-corrected chi connectivity index (χ4v) is 2.74. The van der Waals surface area contributed by atoms with Crippen LogP contribution in [-0.2, 0) is 0 Å². The van der Waals surface area contributed by atoms with E-state index < -0.39 is 0 Å². The first-order valence-corrected chi connectivity index (χ1v) is 7.45. The van der Waals surface area contributed by atoms with Crippen molar-refractivity contribution in [2.24, 2.45) is 0 Å². The molecule has 0 saturated carbocycles. The first kappa shape index (κ1) is 15.1. The van der Waals surface area contributed by atoms with E-state index in [-0.39, 0.29) is 0 Å². The van der Waals surface area contributed by atoms with Crippen molar-refractivity contribution in [3.63, 3.8) is 0 Å². The second-order valence-electron chi connectivity index (χ2n) is 5.60. The van der Waals surface area contributed by atoms with E-state index in [9.17, 15) is 0 Å². The molecule has 0 unspecified atom stereocenters. The van der Waals surface area contributed by atoms with Crippen LogP contribution in [-0.4, -0.2) is 21.9 Å². The first-order valence-electron chi connectivity index (χ1n) is 7.45. The molecule has 5 nitrogen and oxygen atoms in total. The van der Waals surface area contributed by atoms with Gasteiger partial charge in [-0.1, -0.05) is 12.1 Å². The average Bonchev–Trinajstić information content (AvgIpc) is 2.86. The number of methoxy groups -OCH3 is 1. The Kier molecular flexibility index (Phi) is 3.78. The van der Waals surface area contributed by atoms with E-state index in [4.69, 9.17) is 10.5 Å². The van der Waals surface area contributed by atoms with E-state index in [1.165, 1.54) is 0 Å². The molecule has 0 atom stereocenters. The summed E-state index contributed by atoms with van der Waals surface area (Å²) in [4.78, 5) is 4.38. The van der Waals surface area contributed by atoms with Gasteiger partial charge in [0.1, 0.15) is 11.6 Å². The molecule has 118 valence electrons. The van der Waals surface area contributed by atoms with Crippen LogP contribution in [0.4, 0.5) is 5.82 Å². The molecule has 0 radical (unpaired) electrons. The first-order chi connectivity index (χ1) is 11.0. The zero-order valence-electron chi connectivity index (χ0n) is 13.8. The number of aryl methyl sites for hydroxylation is 3. The highest BCUT2D eigenvalue weighted by Gasteiger charge is 2.11. The number of nitrogens with two attached hydrogens (primary N) is 1. The number of nitrogens with zero attached hydrogens (tertiary/aromatic N) is 3. The van der Waals surface area contributed by atoms with Gasteiger partial charge in [-0.05, 0) is 50.6 Å². The van der Waals surface area contributed by atoms with E-state index in [1.807, 2.05) is 49.7 Å². The van der Waals surface area contributed by atoms with Gasteiger partial charge in [0.2, 0.25) is 0 Å². The summed E-state index contributed by atoms with van der Waals surface area (Å²) in [6.07, 6.45) is 0. The van der Waals surface area contributed by atoms with Crippen LogP contribution in [0.3, 0.4) is 0 Å². The maximum absolute atomic E-state index is 6.11. The predicted molar refractivity (Wildman–Crippen MR) is 92.0 cm³/mol. The van der Waals surface area contributed by atoms with Crippen LogP contribution in [0.1, 0.15) is 17.1 Å². The van der Waals surface area contributed by atoms with Gasteiger partial charge in [0, 0.05) is 11.3 Å². The molecule has 0 amide bonds. The summed E-state index contributed by atoms with van der Waals surface area (Å²) in [7, 11) is 1.64. The molecule has 2 N–H and O–H groups in total. The molecule has 2 aromatic heterocycles. The number of aromatic nitrogens is 3. The summed E-state index contributed by atoms with van der Waals surface area (Å²) >= 11 is 0. The normalized spacial score (nSPS) is 10.8. The Bertz CT molecular complexity index is 867. The molecule has 3 rings (SSSR count). The molecule has 23 heavy (non-hydrogen) atoms. The third-order valence-corrected chi connectivity index (χ3v) is 3.83. The van der Waals surface area contributed by atoms with Crippen molar-refractivity contribution >= 4 is 5.82 Å². The van der Waals surface area contributed by atoms with Gasteiger partial charge in [0.05, 0.1) is 24.2 Å². The molecule has 0 aliphatic heterocycles. The summed E-state index contributed by atoms with van der Waals surface area (Å²) in [5.41, 5.74) is 11.8. The van der Waals surface area contributed by atoms with Crippen molar-refractivity contribution in [1.29, 1.82) is 0 Å². The summed E-state index contributed by atoms with van der Waals surface area (Å²) in [6, 6.07) is 12.1. The van der Waals surface area contributed by atoms with Crippen molar-refractivity contribution in [3.05, 3.63) is 53.5 Å². The minimum atomic E-state index is 0.494. The van der Waals surface area contributed by atoms with Crippen LogP contribution in [0, 0.1) is 20.8 Å². The number of nitrogen functional groups attached to an aromatic ring is 1. The summed E-state index contributed by atoms with van der Waals surface area (Å²) in [6.45, 7) is 5.91. The van der Waals surface area contributed by atoms with Crippen molar-refractivity contribution in [2.45, 2.75) is 20.8 Å². The van der Waals surface area contributed by atoms with E-state index in [1.54, 1.807) is 7.11 Å². The Hall–Kier alpha value is -2.82. The molecule has 0 saturated heterocycles. The van der Waals surface area contributed by atoms with Gasteiger partial charge in [0.25, 0.3) is 0 Å². The SMILES string of the molecule is COc1cc(-c2cccc(-n3nc(C)cc3C)c2)c(N)nc1C. The van der Waals surface area contributed by atoms with Gasteiger partial charge in [-0.25, -0.2) is 9.67 Å². The lowest BCUT2D eigenvalue weighted by Crippen LogP contribution is -2.01. The Labute approximate surface area is 135 Å². The third-order valence-electron chi connectivity index (χ3n) is 3.83. The molecule has 0 bridgehead atoms. The smallest absolute Gasteiger partial charge is 0.140 e. The maximum Gasteiger partial charge on any atom is 0.140 e. The molecule has 1 aromatic carbocycles. The number of benzene rings is 1. The zero-order valence-corrected chi connectivity index (χ0v) is 13.8. The molecule has 3 aromatic rings. The highest BCUT2D eigenvalue weighted by Crippen LogP contribution is 2.31. The van der Waals surface area contributed by atoms with Crippen LogP contribution in [0.2, 0.25) is 0 Å². The van der Waals surface area contributed by atoms with Crippen molar-refractivity contribution in [2.75, 3.05) is 12.8 Å². The Morgan fingerprint density at radius 1 is 1.09 bits per heavy atom. The molecule has 0 aliphatic carbocycles. The predicted octanol–water partition coefficient (Wildman–Crippen LogP) is 3.45. The highest BCUT2D eigenvalue weighted by atomic mass is 16.5. The average molecular weight is 308 g/mol. The van der Waals surface area contributed by atoms with Crippen LogP contribution in [0.15, 0.2) is 36.4 Å². The molecule has 0 fully saturated rings. The number of ether oxygens (including phenoxy) is 1. The molecular weight excluding hydrogens is 288 g/mol. The van der Waals surface area contributed by atoms with E-state index in [2.05, 4.69) is 22.2 Å². The lowest BCUT2D eigenvalue weighted by molar-refractivity contribution is 0.409. The number of rotatable bonds is 3. The Balaban J connectivity index is 2.12. The monoisotopic (exact) mass is 308 g/mol. The Morgan fingerprint density at radius 3 is 2.52 bits per heavy atom. The summed E-state index contributed by atoms with van der Waals surface area (Å²) in [5, 5.41) is 4.53. The minimum absolute atomic E-state index is 0.494. The number of hydrogen-bond acceptors (Lipinski definition) is 4. The van der Waals surface area contributed by atoms with Crippen LogP contribution >= 0.6 is 0 Å². The second-order valence-corrected chi connectivity index (χ2v) is 5.60. The minimum Gasteiger partial charge on any atom is -0.495 e. The van der Waals surface area contributed by atoms with Crippen LogP contribution in [0.25, 0.3) is 16.8 Å². The maximum atomic E-state index is 6.11. The van der Waals surface area contributed by atoms with Crippen molar-refractivity contribution in [3.8, 4) is 22.6 Å². The summed E-state index contributed by atoms with van der Waals surface area (Å²) < 4.78 is 7.29. The number of hydrogen-bond donors (Lipinski definition) is 1. The van der Waals surface area contributed by atoms with Gasteiger partial charge in [-0.2, -0.15) is 5.10 Å².